The summed E-state index contributed by atoms with van der Waals surface area (Å²) in [5.41, 5.74) is -0.408. The van der Waals surface area contributed by atoms with Crippen LogP contribution in [-0.4, -0.2) is 42.2 Å². The van der Waals surface area contributed by atoms with E-state index in [1.165, 1.54) is 18.4 Å². The number of thiazole rings is 1. The van der Waals surface area contributed by atoms with E-state index < -0.39 is 17.7 Å². The second-order valence-corrected chi connectivity index (χ2v) is 6.85. The lowest BCUT2D eigenvalue weighted by Crippen LogP contribution is -2.34. The van der Waals surface area contributed by atoms with Crippen molar-refractivity contribution in [3.63, 3.8) is 0 Å². The van der Waals surface area contributed by atoms with Gasteiger partial charge < -0.3 is 20.1 Å². The van der Waals surface area contributed by atoms with Gasteiger partial charge in [-0.05, 0) is 27.7 Å². The van der Waals surface area contributed by atoms with Crippen LogP contribution in [0.4, 0.5) is 9.93 Å². The van der Waals surface area contributed by atoms with E-state index >= 15 is 0 Å². The summed E-state index contributed by atoms with van der Waals surface area (Å²) < 4.78 is 9.65. The summed E-state index contributed by atoms with van der Waals surface area (Å²) >= 11 is 1.18. The van der Waals surface area contributed by atoms with Gasteiger partial charge in [-0.3, -0.25) is 4.79 Å². The van der Waals surface area contributed by atoms with Crippen LogP contribution in [0, 0.1) is 6.92 Å². The van der Waals surface area contributed by atoms with Gasteiger partial charge in [-0.15, -0.1) is 11.3 Å². The number of alkyl carbamates (subject to hydrolysis) is 1. The number of anilines is 1. The molecule has 0 aliphatic heterocycles. The molecule has 0 radical (unpaired) electrons. The Morgan fingerprint density at radius 2 is 1.91 bits per heavy atom. The van der Waals surface area contributed by atoms with Crippen LogP contribution in [0.1, 0.15) is 42.6 Å². The largest absolute Gasteiger partial charge is 0.464 e. The summed E-state index contributed by atoms with van der Waals surface area (Å²) in [5, 5.41) is 5.37. The molecule has 128 valence electrons. The second kappa shape index (κ2) is 7.91. The van der Waals surface area contributed by atoms with Crippen LogP contribution >= 0.6 is 11.3 Å². The fraction of sp³-hybridized carbons (Fsp3) is 0.571. The van der Waals surface area contributed by atoms with E-state index in [-0.39, 0.29) is 24.6 Å². The van der Waals surface area contributed by atoms with Gasteiger partial charge in [0.05, 0.1) is 7.11 Å². The van der Waals surface area contributed by atoms with Crippen molar-refractivity contribution in [2.45, 2.75) is 39.7 Å². The first kappa shape index (κ1) is 18.9. The zero-order valence-electron chi connectivity index (χ0n) is 13.8. The average Bonchev–Trinajstić information content (AvgIpc) is 2.76. The average molecular weight is 343 g/mol. The maximum absolute atomic E-state index is 11.8. The molecular weight excluding hydrogens is 322 g/mol. The number of ether oxygens (including phenoxy) is 2. The molecule has 0 aromatic carbocycles. The van der Waals surface area contributed by atoms with Crippen molar-refractivity contribution < 1.29 is 23.9 Å². The second-order valence-electron chi connectivity index (χ2n) is 5.64. The number of carbonyl (C=O) groups is 3. The fourth-order valence-electron chi connectivity index (χ4n) is 1.51. The molecule has 0 aliphatic carbocycles. The van der Waals surface area contributed by atoms with E-state index in [0.29, 0.717) is 10.0 Å². The third kappa shape index (κ3) is 6.64. The fourth-order valence-corrected chi connectivity index (χ4v) is 2.33. The number of carbonyl (C=O) groups excluding carboxylic acids is 3. The molecule has 1 rings (SSSR count). The van der Waals surface area contributed by atoms with Crippen molar-refractivity contribution in [1.29, 1.82) is 0 Å². The molecule has 2 N–H and O–H groups in total. The van der Waals surface area contributed by atoms with Gasteiger partial charge in [0, 0.05) is 17.8 Å². The van der Waals surface area contributed by atoms with Gasteiger partial charge >= 0.3 is 12.1 Å². The van der Waals surface area contributed by atoms with E-state index in [0.717, 1.165) is 0 Å². The molecule has 0 spiro atoms. The van der Waals surface area contributed by atoms with E-state index in [4.69, 9.17) is 4.74 Å². The highest BCUT2D eigenvalue weighted by atomic mass is 32.1. The molecule has 23 heavy (non-hydrogen) atoms. The number of aryl methyl sites for hydroxylation is 1. The summed E-state index contributed by atoms with van der Waals surface area (Å²) in [4.78, 5) is 39.3. The molecule has 0 saturated heterocycles. The van der Waals surface area contributed by atoms with Gasteiger partial charge in [-0.25, -0.2) is 14.6 Å². The Kier molecular flexibility index (Phi) is 6.49. The van der Waals surface area contributed by atoms with Gasteiger partial charge in [0.25, 0.3) is 0 Å². The molecule has 0 aliphatic rings. The molecule has 1 aromatic rings. The molecule has 0 atom stereocenters. The Balaban J connectivity index is 2.43. The quantitative estimate of drug-likeness (QED) is 0.793. The Labute approximate surface area is 138 Å². The lowest BCUT2D eigenvalue weighted by Gasteiger charge is -2.19. The van der Waals surface area contributed by atoms with Crippen molar-refractivity contribution in [2.24, 2.45) is 0 Å². The molecule has 0 bridgehead atoms. The molecule has 1 heterocycles. The lowest BCUT2D eigenvalue weighted by atomic mass is 10.2. The molecule has 0 fully saturated rings. The minimum absolute atomic E-state index is 0.0609. The number of nitrogens with one attached hydrogen (secondary N) is 2. The first-order chi connectivity index (χ1) is 10.6. The molecule has 1 aromatic heterocycles. The maximum atomic E-state index is 11.8. The third-order valence-electron chi connectivity index (χ3n) is 2.44. The minimum atomic E-state index is -0.588. The molecule has 2 amide bonds. The Morgan fingerprint density at radius 1 is 1.26 bits per heavy atom. The van der Waals surface area contributed by atoms with Crippen molar-refractivity contribution in [3.05, 3.63) is 10.6 Å². The number of methoxy groups -OCH3 is 1. The van der Waals surface area contributed by atoms with Gasteiger partial charge in [-0.2, -0.15) is 0 Å². The Morgan fingerprint density at radius 3 is 2.48 bits per heavy atom. The monoisotopic (exact) mass is 343 g/mol. The summed E-state index contributed by atoms with van der Waals surface area (Å²) in [7, 11) is 1.27. The zero-order chi connectivity index (χ0) is 17.6. The molecular formula is C14H21N3O5S. The topological polar surface area (TPSA) is 107 Å². The first-order valence-electron chi connectivity index (χ1n) is 6.95. The van der Waals surface area contributed by atoms with Crippen LogP contribution in [0.15, 0.2) is 0 Å². The normalized spacial score (nSPS) is 10.8. The highest BCUT2D eigenvalue weighted by molar-refractivity contribution is 7.16. The van der Waals surface area contributed by atoms with Gasteiger partial charge in [0.1, 0.15) is 5.60 Å². The van der Waals surface area contributed by atoms with E-state index in [9.17, 15) is 14.4 Å². The van der Waals surface area contributed by atoms with Crippen LogP contribution in [0.25, 0.3) is 0 Å². The van der Waals surface area contributed by atoms with Crippen molar-refractivity contribution in [1.82, 2.24) is 10.3 Å². The first-order valence-corrected chi connectivity index (χ1v) is 7.76. The summed E-state index contributed by atoms with van der Waals surface area (Å²) in [6.45, 7) is 7.10. The maximum Gasteiger partial charge on any atom is 0.407 e. The smallest absolute Gasteiger partial charge is 0.407 e. The number of esters is 1. The summed E-state index contributed by atoms with van der Waals surface area (Å²) in [6, 6.07) is 0. The van der Waals surface area contributed by atoms with Gasteiger partial charge in [0.15, 0.2) is 10.8 Å². The Hall–Kier alpha value is -2.16. The predicted octanol–water partition coefficient (Wildman–Crippen LogP) is 2.09. The molecule has 0 saturated carbocycles. The third-order valence-corrected chi connectivity index (χ3v) is 3.33. The van der Waals surface area contributed by atoms with Crippen LogP contribution in [0.2, 0.25) is 0 Å². The number of amides is 2. The highest BCUT2D eigenvalue weighted by Gasteiger charge is 2.18. The molecule has 0 unspecified atom stereocenters. The van der Waals surface area contributed by atoms with Crippen LogP contribution in [0.3, 0.4) is 0 Å². The number of rotatable bonds is 5. The van der Waals surface area contributed by atoms with E-state index in [1.807, 2.05) is 0 Å². The predicted molar refractivity (Wildman–Crippen MR) is 85.7 cm³/mol. The highest BCUT2D eigenvalue weighted by Crippen LogP contribution is 2.22. The van der Waals surface area contributed by atoms with Gasteiger partial charge in [0.2, 0.25) is 5.91 Å². The number of aromatic nitrogens is 1. The number of hydrogen-bond donors (Lipinski definition) is 2. The van der Waals surface area contributed by atoms with E-state index in [1.54, 1.807) is 27.7 Å². The van der Waals surface area contributed by atoms with Crippen LogP contribution in [0.5, 0.6) is 0 Å². The summed E-state index contributed by atoms with van der Waals surface area (Å²) in [6.07, 6.45) is -0.519. The SMILES string of the molecule is COC(=O)c1nc(NC(=O)CCNC(=O)OC(C)(C)C)sc1C. The van der Waals surface area contributed by atoms with Gasteiger partial charge in [-0.1, -0.05) is 0 Å². The molecule has 9 heteroatoms. The van der Waals surface area contributed by atoms with E-state index in [2.05, 4.69) is 20.4 Å². The van der Waals surface area contributed by atoms with Crippen molar-refractivity contribution in [2.75, 3.05) is 19.0 Å². The van der Waals surface area contributed by atoms with Crippen molar-refractivity contribution >= 4 is 34.4 Å². The molecule has 8 nitrogen and oxygen atoms in total. The van der Waals surface area contributed by atoms with Crippen LogP contribution in [-0.2, 0) is 14.3 Å². The number of hydrogen-bond acceptors (Lipinski definition) is 7. The standard InChI is InChI=1S/C14H21N3O5S/c1-8-10(11(19)21-5)17-12(23-8)16-9(18)6-7-15-13(20)22-14(2,3)4/h6-7H2,1-5H3,(H,15,20)(H,16,17,18). The lowest BCUT2D eigenvalue weighted by molar-refractivity contribution is -0.116. The zero-order valence-corrected chi connectivity index (χ0v) is 14.6. The van der Waals surface area contributed by atoms with Crippen LogP contribution < -0.4 is 10.6 Å². The Bertz CT molecular complexity index is 592. The number of nitrogens with zero attached hydrogens (tertiary/aromatic N) is 1. The minimum Gasteiger partial charge on any atom is -0.464 e. The van der Waals surface area contributed by atoms with Crippen molar-refractivity contribution in [3.8, 4) is 0 Å². The summed E-state index contributed by atoms with van der Waals surface area (Å²) in [5.74, 6) is -0.878.